The van der Waals surface area contributed by atoms with E-state index in [1.54, 1.807) is 26.2 Å². The summed E-state index contributed by atoms with van der Waals surface area (Å²) in [6, 6.07) is 11.2. The molecule has 0 spiro atoms. The van der Waals surface area contributed by atoms with Crippen LogP contribution in [-0.2, 0) is 9.53 Å². The van der Waals surface area contributed by atoms with E-state index in [0.29, 0.717) is 5.56 Å². The number of carbonyl (C=O) groups is 2. The molecule has 0 unspecified atom stereocenters. The summed E-state index contributed by atoms with van der Waals surface area (Å²) in [6.45, 7) is 3.81. The fraction of sp³-hybridized carbons (Fsp3) is 0.294. The molecule has 2 rings (SSSR count). The highest BCUT2D eigenvalue weighted by molar-refractivity contribution is 5.91. The van der Waals surface area contributed by atoms with E-state index in [-0.39, 0.29) is 12.5 Å². The van der Waals surface area contributed by atoms with Crippen molar-refractivity contribution < 1.29 is 14.3 Å². The third kappa shape index (κ3) is 3.36. The molecular formula is C17H20N2O3. The first-order valence-electron chi connectivity index (χ1n) is 7.03. The Morgan fingerprint density at radius 3 is 2.05 bits per heavy atom. The van der Waals surface area contributed by atoms with Crippen LogP contribution >= 0.6 is 0 Å². The second-order valence-electron chi connectivity index (χ2n) is 5.36. The normalized spacial score (nSPS) is 10.4. The van der Waals surface area contributed by atoms with Crippen LogP contribution in [0, 0.1) is 13.8 Å². The molecule has 0 radical (unpaired) electrons. The van der Waals surface area contributed by atoms with Crippen LogP contribution in [-0.4, -0.2) is 42.0 Å². The number of esters is 1. The number of ether oxygens (including phenoxy) is 1. The van der Waals surface area contributed by atoms with Crippen molar-refractivity contribution in [3.05, 3.63) is 53.3 Å². The minimum Gasteiger partial charge on any atom is -0.452 e. The highest BCUT2D eigenvalue weighted by Gasteiger charge is 2.12. The van der Waals surface area contributed by atoms with Crippen LogP contribution in [0.25, 0.3) is 5.69 Å². The lowest BCUT2D eigenvalue weighted by atomic mass is 10.2. The van der Waals surface area contributed by atoms with Crippen LogP contribution < -0.4 is 0 Å². The van der Waals surface area contributed by atoms with Gasteiger partial charge in [0.25, 0.3) is 5.91 Å². The van der Waals surface area contributed by atoms with E-state index in [4.69, 9.17) is 4.74 Å². The van der Waals surface area contributed by atoms with Crippen molar-refractivity contribution in [2.45, 2.75) is 13.8 Å². The maximum absolute atomic E-state index is 11.9. The summed E-state index contributed by atoms with van der Waals surface area (Å²) >= 11 is 0. The average molecular weight is 300 g/mol. The van der Waals surface area contributed by atoms with Gasteiger partial charge in [-0.3, -0.25) is 4.79 Å². The molecule has 0 aliphatic heterocycles. The molecule has 5 heteroatoms. The Morgan fingerprint density at radius 1 is 1.00 bits per heavy atom. The quantitative estimate of drug-likeness (QED) is 0.814. The van der Waals surface area contributed by atoms with Crippen molar-refractivity contribution in [3.63, 3.8) is 0 Å². The number of carbonyl (C=O) groups excluding carboxylic acids is 2. The van der Waals surface area contributed by atoms with Crippen molar-refractivity contribution in [2.24, 2.45) is 0 Å². The Hall–Kier alpha value is -2.56. The summed E-state index contributed by atoms with van der Waals surface area (Å²) in [4.78, 5) is 24.7. The van der Waals surface area contributed by atoms with Crippen LogP contribution in [0.3, 0.4) is 0 Å². The number of aromatic nitrogens is 1. The molecule has 0 atom stereocenters. The fourth-order valence-corrected chi connectivity index (χ4v) is 2.16. The van der Waals surface area contributed by atoms with Gasteiger partial charge in [0.05, 0.1) is 5.56 Å². The van der Waals surface area contributed by atoms with Gasteiger partial charge in [-0.15, -0.1) is 0 Å². The molecule has 0 saturated carbocycles. The zero-order chi connectivity index (χ0) is 16.3. The smallest absolute Gasteiger partial charge is 0.338 e. The molecular weight excluding hydrogens is 280 g/mol. The van der Waals surface area contributed by atoms with E-state index in [1.165, 1.54) is 4.90 Å². The summed E-state index contributed by atoms with van der Waals surface area (Å²) in [6.07, 6.45) is 0. The average Bonchev–Trinajstić information content (AvgIpc) is 2.83. The van der Waals surface area contributed by atoms with Crippen LogP contribution in [0.5, 0.6) is 0 Å². The zero-order valence-electron chi connectivity index (χ0n) is 13.3. The molecule has 5 nitrogen and oxygen atoms in total. The molecule has 1 aromatic heterocycles. The molecule has 0 aliphatic rings. The number of hydrogen-bond acceptors (Lipinski definition) is 3. The third-order valence-corrected chi connectivity index (χ3v) is 3.46. The van der Waals surface area contributed by atoms with E-state index in [1.807, 2.05) is 38.1 Å². The number of benzene rings is 1. The molecule has 0 fully saturated rings. The first-order chi connectivity index (χ1) is 10.4. The van der Waals surface area contributed by atoms with Gasteiger partial charge in [-0.05, 0) is 50.2 Å². The second kappa shape index (κ2) is 6.47. The Morgan fingerprint density at radius 2 is 1.55 bits per heavy atom. The molecule has 116 valence electrons. The summed E-state index contributed by atoms with van der Waals surface area (Å²) in [5.74, 6) is -0.744. The molecule has 2 aromatic rings. The largest absolute Gasteiger partial charge is 0.452 e. The fourth-order valence-electron chi connectivity index (χ4n) is 2.16. The number of amides is 1. The highest BCUT2D eigenvalue weighted by atomic mass is 16.5. The number of likely N-dealkylation sites (N-methyl/N-ethyl adjacent to an activating group) is 1. The Kier molecular flexibility index (Phi) is 4.65. The SMILES string of the molecule is Cc1ccc(C)n1-c1ccc(C(=O)OCC(=O)N(C)C)cc1. The van der Waals surface area contributed by atoms with Gasteiger partial charge in [0.15, 0.2) is 6.61 Å². The Labute approximate surface area is 130 Å². The zero-order valence-corrected chi connectivity index (χ0v) is 13.3. The van der Waals surface area contributed by atoms with E-state index in [0.717, 1.165) is 17.1 Å². The van der Waals surface area contributed by atoms with Gasteiger partial charge in [0.2, 0.25) is 0 Å². The van der Waals surface area contributed by atoms with Crippen molar-refractivity contribution in [1.82, 2.24) is 9.47 Å². The van der Waals surface area contributed by atoms with Gasteiger partial charge in [0, 0.05) is 31.2 Å². The van der Waals surface area contributed by atoms with Gasteiger partial charge in [-0.2, -0.15) is 0 Å². The number of rotatable bonds is 4. The lowest BCUT2D eigenvalue weighted by Crippen LogP contribution is -2.27. The number of aryl methyl sites for hydroxylation is 2. The second-order valence-corrected chi connectivity index (χ2v) is 5.36. The predicted octanol–water partition coefficient (Wildman–Crippen LogP) is 2.34. The minimum atomic E-state index is -0.497. The first kappa shape index (κ1) is 15.8. The molecule has 1 heterocycles. The molecule has 0 bridgehead atoms. The van der Waals surface area contributed by atoms with Crippen LogP contribution in [0.2, 0.25) is 0 Å². The summed E-state index contributed by atoms with van der Waals surface area (Å²) in [7, 11) is 3.24. The minimum absolute atomic E-state index is 0.247. The van der Waals surface area contributed by atoms with Gasteiger partial charge in [-0.1, -0.05) is 0 Å². The summed E-state index contributed by atoms with van der Waals surface area (Å²) in [5, 5.41) is 0. The summed E-state index contributed by atoms with van der Waals surface area (Å²) < 4.78 is 7.09. The van der Waals surface area contributed by atoms with E-state index < -0.39 is 5.97 Å². The monoisotopic (exact) mass is 300 g/mol. The summed E-state index contributed by atoms with van der Waals surface area (Å²) in [5.41, 5.74) is 3.67. The molecule has 1 amide bonds. The molecule has 1 aromatic carbocycles. The van der Waals surface area contributed by atoms with Crippen LogP contribution in [0.15, 0.2) is 36.4 Å². The Bertz CT molecular complexity index is 665. The third-order valence-electron chi connectivity index (χ3n) is 3.46. The molecule has 0 aliphatic carbocycles. The van der Waals surface area contributed by atoms with Gasteiger partial charge in [0.1, 0.15) is 0 Å². The standard InChI is InChI=1S/C17H20N2O3/c1-12-5-6-13(2)19(12)15-9-7-14(8-10-15)17(21)22-11-16(20)18(3)4/h5-10H,11H2,1-4H3. The van der Waals surface area contributed by atoms with E-state index in [9.17, 15) is 9.59 Å². The number of hydrogen-bond donors (Lipinski definition) is 0. The van der Waals surface area contributed by atoms with Crippen molar-refractivity contribution >= 4 is 11.9 Å². The predicted molar refractivity (Wildman–Crippen MR) is 84.2 cm³/mol. The van der Waals surface area contributed by atoms with Crippen LogP contribution in [0.4, 0.5) is 0 Å². The Balaban J connectivity index is 2.09. The lowest BCUT2D eigenvalue weighted by molar-refractivity contribution is -0.131. The molecule has 22 heavy (non-hydrogen) atoms. The van der Waals surface area contributed by atoms with Gasteiger partial charge in [-0.25, -0.2) is 4.79 Å². The highest BCUT2D eigenvalue weighted by Crippen LogP contribution is 2.17. The first-order valence-corrected chi connectivity index (χ1v) is 7.03. The van der Waals surface area contributed by atoms with Gasteiger partial charge < -0.3 is 14.2 Å². The van der Waals surface area contributed by atoms with E-state index >= 15 is 0 Å². The number of nitrogens with zero attached hydrogens (tertiary/aromatic N) is 2. The lowest BCUT2D eigenvalue weighted by Gasteiger charge is -2.11. The van der Waals surface area contributed by atoms with Crippen molar-refractivity contribution in [1.29, 1.82) is 0 Å². The molecule has 0 N–H and O–H groups in total. The molecule has 0 saturated heterocycles. The maximum atomic E-state index is 11.9. The van der Waals surface area contributed by atoms with E-state index in [2.05, 4.69) is 4.57 Å². The van der Waals surface area contributed by atoms with Crippen LogP contribution in [0.1, 0.15) is 21.7 Å². The maximum Gasteiger partial charge on any atom is 0.338 e. The van der Waals surface area contributed by atoms with Crippen molar-refractivity contribution in [3.8, 4) is 5.69 Å². The van der Waals surface area contributed by atoms with Crippen molar-refractivity contribution in [2.75, 3.05) is 20.7 Å². The van der Waals surface area contributed by atoms with Gasteiger partial charge >= 0.3 is 5.97 Å². The topological polar surface area (TPSA) is 51.5 Å².